The highest BCUT2D eigenvalue weighted by Gasteiger charge is 2.17. The summed E-state index contributed by atoms with van der Waals surface area (Å²) in [6.45, 7) is 1.94. The molecule has 1 amide bonds. The molecule has 0 radical (unpaired) electrons. The van der Waals surface area contributed by atoms with Crippen LogP contribution in [-0.4, -0.2) is 5.91 Å². The van der Waals surface area contributed by atoms with Crippen molar-refractivity contribution in [2.24, 2.45) is 0 Å². The summed E-state index contributed by atoms with van der Waals surface area (Å²) in [4.78, 5) is 25.3. The average Bonchev–Trinajstić information content (AvgIpc) is 2.68. The lowest BCUT2D eigenvalue weighted by atomic mass is 10.0. The summed E-state index contributed by atoms with van der Waals surface area (Å²) >= 11 is 0. The predicted molar refractivity (Wildman–Crippen MR) is 102 cm³/mol. The van der Waals surface area contributed by atoms with Crippen LogP contribution < -0.4 is 10.9 Å². The Labute approximate surface area is 150 Å². The minimum Gasteiger partial charge on any atom is -0.422 e. The van der Waals surface area contributed by atoms with E-state index < -0.39 is 5.63 Å². The lowest BCUT2D eigenvalue weighted by molar-refractivity contribution is 0.0941. The standard InChI is InChI=1S/C22H17NO3/c1-14(15-8-3-2-4-9-15)23-21(24)17-11-7-12-18-20(17)16-10-5-6-13-19(16)26-22(18)25/h2-14H,1H3,(H,23,24)/t14-/m0/s1. The number of carbonyl (C=O) groups excluding carboxylic acids is 1. The van der Waals surface area contributed by atoms with Crippen LogP contribution >= 0.6 is 0 Å². The van der Waals surface area contributed by atoms with Gasteiger partial charge in [0.2, 0.25) is 0 Å². The SMILES string of the molecule is C[C@H](NC(=O)c1cccc2c(=O)oc3ccccc3c12)c1ccccc1. The molecule has 4 heteroatoms. The highest BCUT2D eigenvalue weighted by Crippen LogP contribution is 2.26. The second kappa shape index (κ2) is 6.48. The largest absolute Gasteiger partial charge is 0.422 e. The van der Waals surface area contributed by atoms with Gasteiger partial charge in [0.25, 0.3) is 5.91 Å². The molecule has 3 aromatic carbocycles. The van der Waals surface area contributed by atoms with E-state index in [4.69, 9.17) is 4.42 Å². The van der Waals surface area contributed by atoms with Crippen molar-refractivity contribution in [1.29, 1.82) is 0 Å². The Hall–Kier alpha value is -3.40. The zero-order valence-corrected chi connectivity index (χ0v) is 14.2. The highest BCUT2D eigenvalue weighted by atomic mass is 16.4. The predicted octanol–water partition coefficient (Wildman–Crippen LogP) is 4.44. The van der Waals surface area contributed by atoms with E-state index in [1.807, 2.05) is 49.4 Å². The Bertz CT molecular complexity index is 1160. The van der Waals surface area contributed by atoms with Gasteiger partial charge in [-0.05, 0) is 30.7 Å². The van der Waals surface area contributed by atoms with Crippen LogP contribution in [0.2, 0.25) is 0 Å². The van der Waals surface area contributed by atoms with Crippen molar-refractivity contribution in [2.75, 3.05) is 0 Å². The lowest BCUT2D eigenvalue weighted by Gasteiger charge is -2.15. The van der Waals surface area contributed by atoms with Crippen molar-refractivity contribution in [3.8, 4) is 0 Å². The Balaban J connectivity index is 1.84. The van der Waals surface area contributed by atoms with Crippen LogP contribution in [0.4, 0.5) is 0 Å². The third kappa shape index (κ3) is 2.75. The number of hydrogen-bond acceptors (Lipinski definition) is 3. The Kier molecular flexibility index (Phi) is 4.01. The van der Waals surface area contributed by atoms with Gasteiger partial charge in [0, 0.05) is 16.3 Å². The number of rotatable bonds is 3. The summed E-state index contributed by atoms with van der Waals surface area (Å²) in [7, 11) is 0. The Morgan fingerprint density at radius 2 is 1.58 bits per heavy atom. The molecule has 4 nitrogen and oxygen atoms in total. The van der Waals surface area contributed by atoms with E-state index in [2.05, 4.69) is 5.32 Å². The van der Waals surface area contributed by atoms with Crippen molar-refractivity contribution < 1.29 is 9.21 Å². The minimum atomic E-state index is -0.440. The molecule has 0 fully saturated rings. The molecule has 128 valence electrons. The maximum atomic E-state index is 13.0. The second-order valence-electron chi connectivity index (χ2n) is 6.22. The first kappa shape index (κ1) is 16.1. The third-order valence-electron chi connectivity index (χ3n) is 4.54. The van der Waals surface area contributed by atoms with Gasteiger partial charge in [0.15, 0.2) is 0 Å². The molecule has 0 aliphatic carbocycles. The van der Waals surface area contributed by atoms with Gasteiger partial charge in [-0.3, -0.25) is 4.79 Å². The van der Waals surface area contributed by atoms with Gasteiger partial charge in [0.1, 0.15) is 5.58 Å². The molecule has 0 bridgehead atoms. The lowest BCUT2D eigenvalue weighted by Crippen LogP contribution is -2.27. The number of fused-ring (bicyclic) bond motifs is 3. The van der Waals surface area contributed by atoms with E-state index in [1.54, 1.807) is 30.3 Å². The molecule has 1 heterocycles. The quantitative estimate of drug-likeness (QED) is 0.442. The van der Waals surface area contributed by atoms with E-state index in [1.165, 1.54) is 0 Å². The first-order chi connectivity index (χ1) is 12.6. The average molecular weight is 343 g/mol. The van der Waals surface area contributed by atoms with E-state index >= 15 is 0 Å². The van der Waals surface area contributed by atoms with Gasteiger partial charge in [-0.25, -0.2) is 4.79 Å². The van der Waals surface area contributed by atoms with Crippen molar-refractivity contribution in [3.63, 3.8) is 0 Å². The van der Waals surface area contributed by atoms with Gasteiger partial charge in [0.05, 0.1) is 11.4 Å². The zero-order chi connectivity index (χ0) is 18.1. The van der Waals surface area contributed by atoms with Crippen LogP contribution in [0.5, 0.6) is 0 Å². The molecule has 4 rings (SSSR count). The third-order valence-corrected chi connectivity index (χ3v) is 4.54. The summed E-state index contributed by atoms with van der Waals surface area (Å²) in [5.74, 6) is -0.220. The monoisotopic (exact) mass is 343 g/mol. The molecule has 0 aliphatic heterocycles. The molecular formula is C22H17NO3. The molecule has 26 heavy (non-hydrogen) atoms. The zero-order valence-electron chi connectivity index (χ0n) is 14.2. The van der Waals surface area contributed by atoms with Crippen molar-refractivity contribution in [1.82, 2.24) is 5.32 Å². The van der Waals surface area contributed by atoms with Crippen LogP contribution in [-0.2, 0) is 0 Å². The molecule has 1 aromatic heterocycles. The second-order valence-corrected chi connectivity index (χ2v) is 6.22. The maximum Gasteiger partial charge on any atom is 0.344 e. The molecule has 0 unspecified atom stereocenters. The number of carbonyl (C=O) groups is 1. The van der Waals surface area contributed by atoms with Crippen LogP contribution in [0.25, 0.3) is 21.7 Å². The summed E-state index contributed by atoms with van der Waals surface area (Å²) in [6.07, 6.45) is 0. The summed E-state index contributed by atoms with van der Waals surface area (Å²) in [5.41, 5.74) is 1.52. The van der Waals surface area contributed by atoms with E-state index in [-0.39, 0.29) is 11.9 Å². The molecule has 0 saturated carbocycles. The fourth-order valence-corrected chi connectivity index (χ4v) is 3.22. The van der Waals surface area contributed by atoms with E-state index in [9.17, 15) is 9.59 Å². The van der Waals surface area contributed by atoms with Crippen molar-refractivity contribution >= 4 is 27.6 Å². The van der Waals surface area contributed by atoms with Gasteiger partial charge in [-0.15, -0.1) is 0 Å². The number of benzene rings is 3. The van der Waals surface area contributed by atoms with Crippen LogP contribution in [0.15, 0.2) is 82.0 Å². The molecule has 0 saturated heterocycles. The Morgan fingerprint density at radius 3 is 2.38 bits per heavy atom. The van der Waals surface area contributed by atoms with Crippen molar-refractivity contribution in [2.45, 2.75) is 13.0 Å². The van der Waals surface area contributed by atoms with Crippen molar-refractivity contribution in [3.05, 3.63) is 94.3 Å². The number of hydrogen-bond donors (Lipinski definition) is 1. The van der Waals surface area contributed by atoms with Crippen LogP contribution in [0.1, 0.15) is 28.9 Å². The van der Waals surface area contributed by atoms with E-state index in [0.29, 0.717) is 21.9 Å². The van der Waals surface area contributed by atoms with Gasteiger partial charge in [-0.1, -0.05) is 54.6 Å². The smallest absolute Gasteiger partial charge is 0.344 e. The fourth-order valence-electron chi connectivity index (χ4n) is 3.22. The van der Waals surface area contributed by atoms with Gasteiger partial charge < -0.3 is 9.73 Å². The first-order valence-corrected chi connectivity index (χ1v) is 8.45. The molecule has 0 aliphatic rings. The number of para-hydroxylation sites is 1. The first-order valence-electron chi connectivity index (χ1n) is 8.45. The molecule has 1 atom stereocenters. The molecule has 0 spiro atoms. The maximum absolute atomic E-state index is 13.0. The van der Waals surface area contributed by atoms with Gasteiger partial charge >= 0.3 is 5.63 Å². The summed E-state index contributed by atoms with van der Waals surface area (Å²) in [6, 6.07) is 22.0. The molecule has 1 N–H and O–H groups in total. The van der Waals surface area contributed by atoms with Crippen LogP contribution in [0, 0.1) is 0 Å². The Morgan fingerprint density at radius 1 is 0.885 bits per heavy atom. The number of amides is 1. The fraction of sp³-hybridized carbons (Fsp3) is 0.0909. The normalized spacial score (nSPS) is 12.2. The molecule has 4 aromatic rings. The van der Waals surface area contributed by atoms with Gasteiger partial charge in [-0.2, -0.15) is 0 Å². The number of nitrogens with one attached hydrogen (secondary N) is 1. The van der Waals surface area contributed by atoms with E-state index in [0.717, 1.165) is 10.9 Å². The van der Waals surface area contributed by atoms with Crippen LogP contribution in [0.3, 0.4) is 0 Å². The summed E-state index contributed by atoms with van der Waals surface area (Å²) in [5, 5.41) is 4.80. The molecular weight excluding hydrogens is 326 g/mol. The topological polar surface area (TPSA) is 59.3 Å². The summed E-state index contributed by atoms with van der Waals surface area (Å²) < 4.78 is 5.37. The minimum absolute atomic E-state index is 0.148. The highest BCUT2D eigenvalue weighted by molar-refractivity contribution is 6.16.